The van der Waals surface area contributed by atoms with Crippen LogP contribution in [0.3, 0.4) is 0 Å². The van der Waals surface area contributed by atoms with E-state index >= 15 is 0 Å². The van der Waals surface area contributed by atoms with Crippen LogP contribution in [0.4, 0.5) is 19.4 Å². The molecule has 0 bridgehead atoms. The summed E-state index contributed by atoms with van der Waals surface area (Å²) in [5, 5.41) is 10.4. The fourth-order valence-electron chi connectivity index (χ4n) is 4.20. The summed E-state index contributed by atoms with van der Waals surface area (Å²) in [5.41, 5.74) is 2.22. The van der Waals surface area contributed by atoms with Gasteiger partial charge in [-0.25, -0.2) is 18.3 Å². The predicted molar refractivity (Wildman–Crippen MR) is 129 cm³/mol. The molecule has 0 radical (unpaired) electrons. The number of urea groups is 1. The van der Waals surface area contributed by atoms with E-state index in [1.165, 1.54) is 6.07 Å². The molecule has 0 saturated carbocycles. The summed E-state index contributed by atoms with van der Waals surface area (Å²) in [5.74, 6) is -1.46. The second-order valence-electron chi connectivity index (χ2n) is 8.25. The number of amides is 2. The lowest BCUT2D eigenvalue weighted by Crippen LogP contribution is -2.42. The minimum Gasteiger partial charge on any atom is -0.383 e. The number of hydrogen-bond acceptors (Lipinski definition) is 4. The van der Waals surface area contributed by atoms with Crippen molar-refractivity contribution >= 4 is 27.8 Å². The Bertz CT molecular complexity index is 1160. The lowest BCUT2D eigenvalue weighted by Gasteiger charge is -2.21. The Morgan fingerprint density at radius 2 is 1.94 bits per heavy atom. The molecule has 1 aliphatic heterocycles. The molecule has 1 fully saturated rings. The first kappa shape index (κ1) is 24.3. The van der Waals surface area contributed by atoms with E-state index < -0.39 is 17.7 Å². The average Bonchev–Trinajstić information content (AvgIpc) is 3.35. The van der Waals surface area contributed by atoms with Gasteiger partial charge in [-0.2, -0.15) is 5.10 Å². The lowest BCUT2D eigenvalue weighted by molar-refractivity contribution is 0.159. The monoisotopic (exact) mass is 533 g/mol. The van der Waals surface area contributed by atoms with E-state index in [4.69, 9.17) is 4.74 Å². The summed E-state index contributed by atoms with van der Waals surface area (Å²) in [6.45, 7) is 4.21. The molecule has 1 saturated heterocycles. The van der Waals surface area contributed by atoms with Crippen LogP contribution in [-0.2, 0) is 4.74 Å². The number of nitrogens with zero attached hydrogens (tertiary/aromatic N) is 3. The van der Waals surface area contributed by atoms with E-state index in [1.807, 2.05) is 37.3 Å². The van der Waals surface area contributed by atoms with Crippen LogP contribution in [0.15, 0.2) is 53.1 Å². The number of carbonyl (C=O) groups is 1. The summed E-state index contributed by atoms with van der Waals surface area (Å²) >= 11 is 3.44. The van der Waals surface area contributed by atoms with Gasteiger partial charge in [0.15, 0.2) is 11.6 Å². The summed E-state index contributed by atoms with van der Waals surface area (Å²) in [6.07, 6.45) is 0. The van der Waals surface area contributed by atoms with E-state index in [9.17, 15) is 13.6 Å². The second-order valence-corrected chi connectivity index (χ2v) is 9.00. The van der Waals surface area contributed by atoms with Crippen molar-refractivity contribution in [1.29, 1.82) is 0 Å². The number of aromatic nitrogens is 2. The maximum Gasteiger partial charge on any atom is 0.320 e. The van der Waals surface area contributed by atoms with Gasteiger partial charge in [0.1, 0.15) is 10.4 Å². The molecule has 7 nitrogen and oxygen atoms in total. The van der Waals surface area contributed by atoms with Crippen molar-refractivity contribution in [1.82, 2.24) is 20.0 Å². The number of hydrogen-bond donors (Lipinski definition) is 2. The highest BCUT2D eigenvalue weighted by Gasteiger charge is 2.35. The number of carbonyl (C=O) groups excluding carboxylic acids is 1. The van der Waals surface area contributed by atoms with E-state index in [2.05, 4.69) is 36.6 Å². The molecule has 2 unspecified atom stereocenters. The Kier molecular flexibility index (Phi) is 7.60. The zero-order chi connectivity index (χ0) is 24.2. The van der Waals surface area contributed by atoms with Crippen LogP contribution in [0.25, 0.3) is 5.69 Å². The van der Waals surface area contributed by atoms with Crippen LogP contribution in [0.2, 0.25) is 0 Å². The van der Waals surface area contributed by atoms with Crippen molar-refractivity contribution in [3.8, 4) is 5.69 Å². The maximum absolute atomic E-state index is 13.9. The zero-order valence-corrected chi connectivity index (χ0v) is 20.5. The van der Waals surface area contributed by atoms with E-state index in [0.717, 1.165) is 17.3 Å². The third-order valence-electron chi connectivity index (χ3n) is 5.99. The van der Waals surface area contributed by atoms with Gasteiger partial charge in [0.2, 0.25) is 0 Å². The molecular formula is C24H26BrF2N5O2. The fraction of sp³-hybridized carbons (Fsp3) is 0.333. The molecule has 10 heteroatoms. The van der Waals surface area contributed by atoms with Gasteiger partial charge in [-0.05, 0) is 52.7 Å². The van der Waals surface area contributed by atoms with Gasteiger partial charge in [0.05, 0.1) is 18.3 Å². The van der Waals surface area contributed by atoms with Crippen molar-refractivity contribution in [2.45, 2.75) is 18.9 Å². The molecule has 2 amide bonds. The Morgan fingerprint density at radius 1 is 1.18 bits per heavy atom. The van der Waals surface area contributed by atoms with Crippen LogP contribution in [0.5, 0.6) is 0 Å². The molecule has 2 atom stereocenters. The highest BCUT2D eigenvalue weighted by Crippen LogP contribution is 2.30. The standard InChI is InChI=1S/C24H26BrF2N5O2/c1-15-22(25)30-32(17-6-4-3-5-7-17)23(15)29-24(33)28-21-14-31(10-11-34-2)13-18(21)16-8-9-19(26)20(27)12-16/h3-9,12,18,21H,10-11,13-14H2,1-2H3,(H2,28,29,33). The van der Waals surface area contributed by atoms with Crippen LogP contribution >= 0.6 is 15.9 Å². The highest BCUT2D eigenvalue weighted by atomic mass is 79.9. The van der Waals surface area contributed by atoms with Crippen molar-refractivity contribution in [3.63, 3.8) is 0 Å². The maximum atomic E-state index is 13.9. The quantitative estimate of drug-likeness (QED) is 0.470. The molecule has 2 heterocycles. The minimum atomic E-state index is -0.900. The van der Waals surface area contributed by atoms with Gasteiger partial charge < -0.3 is 10.1 Å². The summed E-state index contributed by atoms with van der Waals surface area (Å²) in [6, 6.07) is 12.7. The fourth-order valence-corrected chi connectivity index (χ4v) is 4.55. The third-order valence-corrected chi connectivity index (χ3v) is 6.75. The van der Waals surface area contributed by atoms with Gasteiger partial charge in [-0.3, -0.25) is 10.2 Å². The van der Waals surface area contributed by atoms with Crippen LogP contribution in [0.1, 0.15) is 17.0 Å². The molecule has 4 rings (SSSR count). The molecule has 2 N–H and O–H groups in total. The third kappa shape index (κ3) is 5.29. The van der Waals surface area contributed by atoms with Gasteiger partial charge in [-0.1, -0.05) is 24.3 Å². The summed E-state index contributed by atoms with van der Waals surface area (Å²) in [4.78, 5) is 15.2. The minimum absolute atomic E-state index is 0.204. The average molecular weight is 534 g/mol. The van der Waals surface area contributed by atoms with Crippen molar-refractivity contribution in [2.75, 3.05) is 38.7 Å². The zero-order valence-electron chi connectivity index (χ0n) is 18.9. The first-order valence-electron chi connectivity index (χ1n) is 10.9. The number of para-hydroxylation sites is 1. The van der Waals surface area contributed by atoms with Crippen LogP contribution in [-0.4, -0.2) is 60.1 Å². The highest BCUT2D eigenvalue weighted by molar-refractivity contribution is 9.10. The molecule has 180 valence electrons. The first-order chi connectivity index (χ1) is 16.4. The summed E-state index contributed by atoms with van der Waals surface area (Å²) < 4.78 is 34.9. The van der Waals surface area contributed by atoms with Crippen molar-refractivity contribution in [2.24, 2.45) is 0 Å². The molecule has 1 aliphatic rings. The second kappa shape index (κ2) is 10.6. The molecule has 0 spiro atoms. The number of halogens is 3. The SMILES string of the molecule is COCCN1CC(NC(=O)Nc2c(C)c(Br)nn2-c2ccccc2)C(c2ccc(F)c(F)c2)C1. The first-order valence-corrected chi connectivity index (χ1v) is 11.7. The summed E-state index contributed by atoms with van der Waals surface area (Å²) in [7, 11) is 1.63. The van der Waals surface area contributed by atoms with Gasteiger partial charge in [-0.15, -0.1) is 0 Å². The normalized spacial score (nSPS) is 18.3. The van der Waals surface area contributed by atoms with Crippen LogP contribution < -0.4 is 10.6 Å². The van der Waals surface area contributed by atoms with Crippen molar-refractivity contribution < 1.29 is 18.3 Å². The molecule has 2 aromatic carbocycles. The van der Waals surface area contributed by atoms with E-state index in [0.29, 0.717) is 42.2 Å². The number of rotatable bonds is 7. The van der Waals surface area contributed by atoms with Gasteiger partial charge in [0, 0.05) is 38.2 Å². The number of likely N-dealkylation sites (tertiary alicyclic amines) is 1. The number of anilines is 1. The smallest absolute Gasteiger partial charge is 0.320 e. The number of nitrogens with one attached hydrogen (secondary N) is 2. The van der Waals surface area contributed by atoms with Crippen molar-refractivity contribution in [3.05, 3.63) is 75.9 Å². The number of methoxy groups -OCH3 is 1. The largest absolute Gasteiger partial charge is 0.383 e. The molecule has 0 aliphatic carbocycles. The number of ether oxygens (including phenoxy) is 1. The molecular weight excluding hydrogens is 508 g/mol. The Balaban J connectivity index is 1.54. The Morgan fingerprint density at radius 3 is 2.65 bits per heavy atom. The van der Waals surface area contributed by atoms with Crippen LogP contribution in [0, 0.1) is 18.6 Å². The molecule has 34 heavy (non-hydrogen) atoms. The molecule has 1 aromatic heterocycles. The van der Waals surface area contributed by atoms with E-state index in [1.54, 1.807) is 17.9 Å². The lowest BCUT2D eigenvalue weighted by atomic mass is 9.94. The van der Waals surface area contributed by atoms with Gasteiger partial charge in [0.25, 0.3) is 0 Å². The predicted octanol–water partition coefficient (Wildman–Crippen LogP) is 4.46. The van der Waals surface area contributed by atoms with Gasteiger partial charge >= 0.3 is 6.03 Å². The topological polar surface area (TPSA) is 71.4 Å². The Labute approximate surface area is 205 Å². The Hall–Kier alpha value is -2.82. The number of benzene rings is 2. The van der Waals surface area contributed by atoms with E-state index in [-0.39, 0.29) is 12.0 Å². The molecule has 3 aromatic rings.